The zero-order chi connectivity index (χ0) is 18.1. The third-order valence-electron chi connectivity index (χ3n) is 4.64. The fraction of sp³-hybridized carbons (Fsp3) is 0.400. The van der Waals surface area contributed by atoms with E-state index >= 15 is 0 Å². The van der Waals surface area contributed by atoms with Crippen molar-refractivity contribution in [2.75, 3.05) is 12.1 Å². The monoisotopic (exact) mass is 373 g/mol. The molecule has 4 rings (SSSR count). The fourth-order valence-corrected chi connectivity index (χ4v) is 3.79. The standard InChI is InChI=1S/C15H11ClF3N3O3/c1-21(12-7(16)4-6(5-20-12)15(17,18)19)22-13(23)10-8-2-3-9(25-8)11(10)14(22)24/h2-5,8-11H,1H3/t8-,9-,10-,11+/m0/s1. The number of hydrazine groups is 1. The summed E-state index contributed by atoms with van der Waals surface area (Å²) in [6, 6.07) is 0.709. The maximum Gasteiger partial charge on any atom is 0.417 e. The van der Waals surface area contributed by atoms with Gasteiger partial charge in [-0.15, -0.1) is 0 Å². The SMILES string of the molecule is CN(c1ncc(C(F)(F)F)cc1Cl)N1C(=O)[C@@H]2[C@H](C1=O)[C@@H]1C=C[C@@H]2O1. The Kier molecular flexibility index (Phi) is 3.39. The number of hydrogen-bond acceptors (Lipinski definition) is 5. The first-order valence-corrected chi connectivity index (χ1v) is 7.76. The quantitative estimate of drug-likeness (QED) is 0.586. The summed E-state index contributed by atoms with van der Waals surface area (Å²) in [5.41, 5.74) is -1.01. The highest BCUT2D eigenvalue weighted by atomic mass is 35.5. The third kappa shape index (κ3) is 2.26. The molecular weight excluding hydrogens is 363 g/mol. The number of anilines is 1. The first-order valence-electron chi connectivity index (χ1n) is 7.38. The predicted molar refractivity (Wildman–Crippen MR) is 79.3 cm³/mol. The highest BCUT2D eigenvalue weighted by Crippen LogP contribution is 2.46. The number of rotatable bonds is 2. The van der Waals surface area contributed by atoms with Crippen molar-refractivity contribution in [2.45, 2.75) is 18.4 Å². The molecule has 1 aromatic rings. The van der Waals surface area contributed by atoms with Crippen molar-refractivity contribution < 1.29 is 27.5 Å². The van der Waals surface area contributed by atoms with Crippen molar-refractivity contribution in [3.63, 3.8) is 0 Å². The summed E-state index contributed by atoms with van der Waals surface area (Å²) in [7, 11) is 1.36. The van der Waals surface area contributed by atoms with Gasteiger partial charge in [0.05, 0.1) is 34.6 Å². The second kappa shape index (κ2) is 5.18. The lowest BCUT2D eigenvalue weighted by atomic mass is 9.85. The Hall–Kier alpha value is -2.13. The second-order valence-electron chi connectivity index (χ2n) is 6.04. The minimum absolute atomic E-state index is 0.113. The van der Waals surface area contributed by atoms with Gasteiger partial charge in [0.25, 0.3) is 11.8 Å². The number of ether oxygens (including phenoxy) is 1. The number of carbonyl (C=O) groups is 2. The van der Waals surface area contributed by atoms with E-state index in [1.54, 1.807) is 12.2 Å². The lowest BCUT2D eigenvalue weighted by Crippen LogP contribution is -2.46. The topological polar surface area (TPSA) is 62.7 Å². The Balaban J connectivity index is 1.65. The second-order valence-corrected chi connectivity index (χ2v) is 6.45. The minimum atomic E-state index is -4.59. The van der Waals surface area contributed by atoms with E-state index in [1.807, 2.05) is 0 Å². The average Bonchev–Trinajstić information content (AvgIpc) is 3.20. The molecule has 0 radical (unpaired) electrons. The number of carbonyl (C=O) groups excluding carboxylic acids is 2. The maximum absolute atomic E-state index is 12.7. The van der Waals surface area contributed by atoms with E-state index in [4.69, 9.17) is 16.3 Å². The molecule has 4 heterocycles. The first-order chi connectivity index (χ1) is 11.7. The molecule has 2 saturated heterocycles. The Labute approximate surface area is 144 Å². The zero-order valence-electron chi connectivity index (χ0n) is 12.7. The van der Waals surface area contributed by atoms with Gasteiger partial charge in [-0.05, 0) is 6.07 Å². The van der Waals surface area contributed by atoms with Gasteiger partial charge in [0.1, 0.15) is 0 Å². The molecular formula is C15H11ClF3N3O3. The predicted octanol–water partition coefficient (Wildman–Crippen LogP) is 2.04. The van der Waals surface area contributed by atoms with Crippen LogP contribution in [-0.2, 0) is 20.5 Å². The number of hydrogen-bond donors (Lipinski definition) is 0. The molecule has 0 N–H and O–H groups in total. The molecule has 2 fully saturated rings. The molecule has 3 aliphatic heterocycles. The van der Waals surface area contributed by atoms with Gasteiger partial charge in [-0.1, -0.05) is 23.8 Å². The van der Waals surface area contributed by atoms with Gasteiger partial charge in [0, 0.05) is 13.2 Å². The van der Waals surface area contributed by atoms with Crippen molar-refractivity contribution >= 4 is 29.2 Å². The zero-order valence-corrected chi connectivity index (χ0v) is 13.5. The van der Waals surface area contributed by atoms with Crippen molar-refractivity contribution in [1.29, 1.82) is 0 Å². The van der Waals surface area contributed by atoms with Crippen LogP contribution < -0.4 is 5.01 Å². The van der Waals surface area contributed by atoms with Gasteiger partial charge < -0.3 is 4.74 Å². The molecule has 0 aromatic carbocycles. The molecule has 25 heavy (non-hydrogen) atoms. The molecule has 0 unspecified atom stereocenters. The van der Waals surface area contributed by atoms with Gasteiger partial charge in [-0.3, -0.25) is 14.6 Å². The number of aromatic nitrogens is 1. The molecule has 132 valence electrons. The van der Waals surface area contributed by atoms with E-state index < -0.39 is 47.6 Å². The highest BCUT2D eigenvalue weighted by Gasteiger charge is 2.62. The number of amides is 2. The van der Waals surface area contributed by atoms with Gasteiger partial charge in [-0.25, -0.2) is 4.98 Å². The molecule has 10 heteroatoms. The minimum Gasteiger partial charge on any atom is -0.365 e. The largest absolute Gasteiger partial charge is 0.417 e. The Morgan fingerprint density at radius 2 is 1.76 bits per heavy atom. The normalized spacial score (nSPS) is 30.4. The molecule has 0 spiro atoms. The van der Waals surface area contributed by atoms with Crippen LogP contribution in [-0.4, -0.2) is 41.1 Å². The molecule has 2 amide bonds. The van der Waals surface area contributed by atoms with Gasteiger partial charge in [0.2, 0.25) is 0 Å². The van der Waals surface area contributed by atoms with Crippen LogP contribution in [0.5, 0.6) is 0 Å². The van der Waals surface area contributed by atoms with Crippen LogP contribution in [0.3, 0.4) is 0 Å². The first kappa shape index (κ1) is 16.3. The summed E-state index contributed by atoms with van der Waals surface area (Å²) in [4.78, 5) is 29.0. The van der Waals surface area contributed by atoms with E-state index in [0.29, 0.717) is 12.3 Å². The fourth-order valence-electron chi connectivity index (χ4n) is 3.50. The molecule has 2 bridgehead atoms. The summed E-state index contributed by atoms with van der Waals surface area (Å²) in [6.07, 6.45) is -1.42. The van der Waals surface area contributed by atoms with Gasteiger partial charge in [-0.2, -0.15) is 18.2 Å². The number of pyridine rings is 1. The Morgan fingerprint density at radius 1 is 1.20 bits per heavy atom. The van der Waals surface area contributed by atoms with Crippen molar-refractivity contribution in [3.8, 4) is 0 Å². The van der Waals surface area contributed by atoms with Crippen molar-refractivity contribution in [3.05, 3.63) is 35.0 Å². The molecule has 3 aliphatic rings. The number of nitrogens with zero attached hydrogens (tertiary/aromatic N) is 3. The van der Waals surface area contributed by atoms with Crippen molar-refractivity contribution in [1.82, 2.24) is 9.99 Å². The van der Waals surface area contributed by atoms with Crippen LogP contribution in [0.15, 0.2) is 24.4 Å². The van der Waals surface area contributed by atoms with E-state index in [2.05, 4.69) is 4.98 Å². The molecule has 0 aliphatic carbocycles. The van der Waals surface area contributed by atoms with Crippen molar-refractivity contribution in [2.24, 2.45) is 11.8 Å². The molecule has 4 atom stereocenters. The summed E-state index contributed by atoms with van der Waals surface area (Å²) < 4.78 is 43.7. The summed E-state index contributed by atoms with van der Waals surface area (Å²) in [6.45, 7) is 0. The van der Waals surface area contributed by atoms with Gasteiger partial charge >= 0.3 is 6.18 Å². The molecule has 0 saturated carbocycles. The van der Waals surface area contributed by atoms with Gasteiger partial charge in [0.15, 0.2) is 5.82 Å². The smallest absolute Gasteiger partial charge is 0.365 e. The average molecular weight is 374 g/mol. The molecule has 6 nitrogen and oxygen atoms in total. The summed E-state index contributed by atoms with van der Waals surface area (Å²) >= 11 is 5.90. The summed E-state index contributed by atoms with van der Waals surface area (Å²) in [5.74, 6) is -2.33. The molecule has 1 aromatic heterocycles. The van der Waals surface area contributed by atoms with Crippen LogP contribution in [0.2, 0.25) is 5.02 Å². The number of halogens is 4. The van der Waals surface area contributed by atoms with Crippen LogP contribution in [0.1, 0.15) is 5.56 Å². The Bertz CT molecular complexity index is 783. The Morgan fingerprint density at radius 3 is 2.24 bits per heavy atom. The maximum atomic E-state index is 12.7. The van der Waals surface area contributed by atoms with Crippen LogP contribution in [0, 0.1) is 11.8 Å². The number of alkyl halides is 3. The number of imide groups is 1. The van der Waals surface area contributed by atoms with Crippen LogP contribution >= 0.6 is 11.6 Å². The lowest BCUT2D eigenvalue weighted by molar-refractivity contribution is -0.143. The summed E-state index contributed by atoms with van der Waals surface area (Å²) in [5, 5.41) is 1.66. The highest BCUT2D eigenvalue weighted by molar-refractivity contribution is 6.33. The number of fused-ring (bicyclic) bond motifs is 5. The van der Waals surface area contributed by atoms with E-state index in [9.17, 15) is 22.8 Å². The van der Waals surface area contributed by atoms with E-state index in [1.165, 1.54) is 7.05 Å². The van der Waals surface area contributed by atoms with E-state index in [0.717, 1.165) is 10.0 Å². The van der Waals surface area contributed by atoms with Crippen LogP contribution in [0.4, 0.5) is 19.0 Å². The third-order valence-corrected chi connectivity index (χ3v) is 4.92. The van der Waals surface area contributed by atoms with Crippen LogP contribution in [0.25, 0.3) is 0 Å². The lowest BCUT2D eigenvalue weighted by Gasteiger charge is -2.29. The van der Waals surface area contributed by atoms with E-state index in [-0.39, 0.29) is 10.8 Å².